The summed E-state index contributed by atoms with van der Waals surface area (Å²) in [5.41, 5.74) is 3.01. The third-order valence-corrected chi connectivity index (χ3v) is 7.26. The first kappa shape index (κ1) is 22.2. The van der Waals surface area contributed by atoms with Crippen LogP contribution in [-0.2, 0) is 0 Å². The fraction of sp³-hybridized carbons (Fsp3) is 0.185. The molecule has 2 aromatic carbocycles. The molecular formula is C27H24N6O2S. The Kier molecular flexibility index (Phi) is 5.82. The number of hydrogen-bond donors (Lipinski definition) is 0. The average molecular weight is 497 g/mol. The summed E-state index contributed by atoms with van der Waals surface area (Å²) < 4.78 is 7.08. The average Bonchev–Trinajstić information content (AvgIpc) is 3.61. The van der Waals surface area contributed by atoms with Gasteiger partial charge in [-0.15, -0.1) is 11.3 Å². The zero-order valence-electron chi connectivity index (χ0n) is 19.7. The molecule has 4 heterocycles. The van der Waals surface area contributed by atoms with Gasteiger partial charge in [0.2, 0.25) is 0 Å². The van der Waals surface area contributed by atoms with Crippen LogP contribution >= 0.6 is 11.3 Å². The quantitative estimate of drug-likeness (QED) is 0.356. The topological polar surface area (TPSA) is 76.4 Å². The van der Waals surface area contributed by atoms with Crippen LogP contribution < -0.4 is 9.64 Å². The van der Waals surface area contributed by atoms with Crippen LogP contribution in [0, 0.1) is 0 Å². The van der Waals surface area contributed by atoms with E-state index >= 15 is 0 Å². The molecule has 0 saturated carbocycles. The number of aromatic nitrogens is 4. The Bertz CT molecular complexity index is 1500. The number of rotatable bonds is 5. The molecule has 1 aliphatic heterocycles. The highest BCUT2D eigenvalue weighted by molar-refractivity contribution is 7.16. The number of para-hydroxylation sites is 1. The van der Waals surface area contributed by atoms with E-state index in [0.717, 1.165) is 33.0 Å². The maximum Gasteiger partial charge on any atom is 0.257 e. The van der Waals surface area contributed by atoms with Gasteiger partial charge in [-0.05, 0) is 47.8 Å². The molecule has 1 amide bonds. The summed E-state index contributed by atoms with van der Waals surface area (Å²) in [4.78, 5) is 27.8. The molecule has 1 fully saturated rings. The number of anilines is 1. The fourth-order valence-corrected chi connectivity index (χ4v) is 5.25. The Morgan fingerprint density at radius 2 is 1.72 bits per heavy atom. The second-order valence-electron chi connectivity index (χ2n) is 8.52. The molecule has 1 saturated heterocycles. The Labute approximate surface area is 212 Å². The van der Waals surface area contributed by atoms with E-state index in [1.54, 1.807) is 29.5 Å². The Morgan fingerprint density at radius 1 is 0.944 bits per heavy atom. The van der Waals surface area contributed by atoms with Crippen LogP contribution in [0.5, 0.6) is 5.75 Å². The molecule has 0 aliphatic carbocycles. The molecule has 8 nitrogen and oxygen atoms in total. The van der Waals surface area contributed by atoms with Crippen LogP contribution in [-0.4, -0.2) is 63.8 Å². The molecule has 9 heteroatoms. The number of benzene rings is 2. The number of piperazine rings is 1. The fourth-order valence-electron chi connectivity index (χ4n) is 4.53. The van der Waals surface area contributed by atoms with Gasteiger partial charge in [-0.1, -0.05) is 18.2 Å². The highest BCUT2D eigenvalue weighted by Crippen LogP contribution is 2.29. The molecular weight excluding hydrogens is 472 g/mol. The molecule has 0 radical (unpaired) electrons. The van der Waals surface area contributed by atoms with Gasteiger partial charge in [0.15, 0.2) is 0 Å². The van der Waals surface area contributed by atoms with Gasteiger partial charge in [-0.3, -0.25) is 4.79 Å². The molecule has 1 aliphatic rings. The molecule has 5 aromatic rings. The van der Waals surface area contributed by atoms with Gasteiger partial charge in [0.25, 0.3) is 5.91 Å². The number of thiophene rings is 1. The lowest BCUT2D eigenvalue weighted by molar-refractivity contribution is 0.0747. The number of carbonyl (C=O) groups excluding carboxylic acids is 1. The van der Waals surface area contributed by atoms with Gasteiger partial charge in [0.05, 0.1) is 23.7 Å². The number of fused-ring (bicyclic) bond motifs is 1. The van der Waals surface area contributed by atoms with Crippen LogP contribution in [0.1, 0.15) is 10.4 Å². The number of nitrogens with zero attached hydrogens (tertiary/aromatic N) is 6. The monoisotopic (exact) mass is 496 g/mol. The normalized spacial score (nSPS) is 13.8. The molecule has 0 unspecified atom stereocenters. The van der Waals surface area contributed by atoms with Gasteiger partial charge < -0.3 is 14.5 Å². The van der Waals surface area contributed by atoms with E-state index in [0.29, 0.717) is 37.4 Å². The van der Waals surface area contributed by atoms with Crippen molar-refractivity contribution in [1.82, 2.24) is 24.6 Å². The molecule has 0 N–H and O–H groups in total. The maximum absolute atomic E-state index is 13.8. The van der Waals surface area contributed by atoms with Crippen molar-refractivity contribution in [2.75, 3.05) is 38.2 Å². The van der Waals surface area contributed by atoms with Crippen LogP contribution in [0.15, 0.2) is 78.6 Å². The number of amides is 1. The SMILES string of the molecule is COc1ccc(-c2nn(-c3ccccc3)cc2C(=O)N2CCN(c3ncnc4sccc34)CC2)cc1. The molecule has 0 bridgehead atoms. The van der Waals surface area contributed by atoms with E-state index in [2.05, 4.69) is 20.9 Å². The first-order valence-corrected chi connectivity index (χ1v) is 12.6. The van der Waals surface area contributed by atoms with Crippen molar-refractivity contribution in [2.24, 2.45) is 0 Å². The molecule has 6 rings (SSSR count). The number of carbonyl (C=O) groups is 1. The lowest BCUT2D eigenvalue weighted by Crippen LogP contribution is -2.49. The van der Waals surface area contributed by atoms with Crippen LogP contribution in [0.3, 0.4) is 0 Å². The van der Waals surface area contributed by atoms with Crippen molar-refractivity contribution in [1.29, 1.82) is 0 Å². The van der Waals surface area contributed by atoms with E-state index < -0.39 is 0 Å². The van der Waals surface area contributed by atoms with Gasteiger partial charge in [-0.25, -0.2) is 14.6 Å². The van der Waals surface area contributed by atoms with E-state index in [1.807, 2.05) is 71.1 Å². The number of methoxy groups -OCH3 is 1. The van der Waals surface area contributed by atoms with Crippen molar-refractivity contribution >= 4 is 33.3 Å². The minimum atomic E-state index is -0.0222. The summed E-state index contributed by atoms with van der Waals surface area (Å²) in [5, 5.41) is 7.91. The third kappa shape index (κ3) is 4.07. The summed E-state index contributed by atoms with van der Waals surface area (Å²) in [5.74, 6) is 1.67. The van der Waals surface area contributed by atoms with E-state index in [1.165, 1.54) is 0 Å². The van der Waals surface area contributed by atoms with Gasteiger partial charge in [-0.2, -0.15) is 5.10 Å². The highest BCUT2D eigenvalue weighted by Gasteiger charge is 2.28. The minimum absolute atomic E-state index is 0.0222. The summed E-state index contributed by atoms with van der Waals surface area (Å²) in [6, 6.07) is 19.5. The molecule has 0 spiro atoms. The lowest BCUT2D eigenvalue weighted by atomic mass is 10.1. The number of hydrogen-bond acceptors (Lipinski definition) is 7. The highest BCUT2D eigenvalue weighted by atomic mass is 32.1. The standard InChI is InChI=1S/C27H24N6O2S/c1-35-21-9-7-19(8-10-21)24-23(17-33(30-24)20-5-3-2-4-6-20)27(34)32-14-12-31(13-15-32)25-22-11-16-36-26(22)29-18-28-25/h2-11,16-18H,12-15H2,1H3. The third-order valence-electron chi connectivity index (χ3n) is 6.44. The van der Waals surface area contributed by atoms with Gasteiger partial charge in [0, 0.05) is 37.9 Å². The lowest BCUT2D eigenvalue weighted by Gasteiger charge is -2.35. The zero-order valence-corrected chi connectivity index (χ0v) is 20.6. The Balaban J connectivity index is 1.28. The largest absolute Gasteiger partial charge is 0.497 e. The first-order chi connectivity index (χ1) is 17.7. The van der Waals surface area contributed by atoms with Crippen molar-refractivity contribution < 1.29 is 9.53 Å². The Morgan fingerprint density at radius 3 is 2.47 bits per heavy atom. The summed E-state index contributed by atoms with van der Waals surface area (Å²) in [7, 11) is 1.64. The summed E-state index contributed by atoms with van der Waals surface area (Å²) in [6.45, 7) is 2.62. The second-order valence-corrected chi connectivity index (χ2v) is 9.41. The van der Waals surface area contributed by atoms with Crippen molar-refractivity contribution in [3.8, 4) is 22.7 Å². The van der Waals surface area contributed by atoms with E-state index in [9.17, 15) is 4.79 Å². The van der Waals surface area contributed by atoms with Crippen LogP contribution in [0.4, 0.5) is 5.82 Å². The molecule has 0 atom stereocenters. The van der Waals surface area contributed by atoms with Crippen molar-refractivity contribution in [3.05, 3.63) is 84.1 Å². The molecule has 3 aromatic heterocycles. The first-order valence-electron chi connectivity index (χ1n) is 11.7. The molecule has 180 valence electrons. The summed E-state index contributed by atoms with van der Waals surface area (Å²) >= 11 is 1.61. The predicted molar refractivity (Wildman–Crippen MR) is 141 cm³/mol. The van der Waals surface area contributed by atoms with Crippen LogP contribution in [0.2, 0.25) is 0 Å². The van der Waals surface area contributed by atoms with E-state index in [4.69, 9.17) is 9.84 Å². The maximum atomic E-state index is 13.8. The van der Waals surface area contributed by atoms with Crippen LogP contribution in [0.25, 0.3) is 27.2 Å². The van der Waals surface area contributed by atoms with Gasteiger partial charge in [0.1, 0.15) is 28.4 Å². The van der Waals surface area contributed by atoms with Crippen molar-refractivity contribution in [3.63, 3.8) is 0 Å². The number of ether oxygens (including phenoxy) is 1. The predicted octanol–water partition coefficient (Wildman–Crippen LogP) is 4.52. The van der Waals surface area contributed by atoms with E-state index in [-0.39, 0.29) is 5.91 Å². The zero-order chi connectivity index (χ0) is 24.5. The molecule has 36 heavy (non-hydrogen) atoms. The Hall–Kier alpha value is -4.24. The van der Waals surface area contributed by atoms with Crippen molar-refractivity contribution in [2.45, 2.75) is 0 Å². The smallest absolute Gasteiger partial charge is 0.257 e. The second kappa shape index (κ2) is 9.43. The summed E-state index contributed by atoms with van der Waals surface area (Å²) in [6.07, 6.45) is 3.45. The van der Waals surface area contributed by atoms with Gasteiger partial charge >= 0.3 is 0 Å². The minimum Gasteiger partial charge on any atom is -0.497 e.